The molecule has 3 rings (SSSR count). The molecule has 3 aromatic rings. The van der Waals surface area contributed by atoms with Gasteiger partial charge in [0.1, 0.15) is 5.76 Å². The monoisotopic (exact) mass is 381 g/mol. The minimum atomic E-state index is -0.0701. The summed E-state index contributed by atoms with van der Waals surface area (Å²) in [6.45, 7) is 15.8. The number of nitrogens with zero attached hydrogens (tertiary/aromatic N) is 1. The third kappa shape index (κ3) is 4.29. The number of furan rings is 2. The number of rotatable bonds is 6. The summed E-state index contributed by atoms with van der Waals surface area (Å²) in [6.07, 6.45) is 9.62. The maximum Gasteiger partial charge on any atom is 0.110 e. The first-order valence-electron chi connectivity index (χ1n) is 10.1. The first-order valence-corrected chi connectivity index (χ1v) is 10.1. The molecule has 0 unspecified atom stereocenters. The van der Waals surface area contributed by atoms with Crippen LogP contribution in [0.3, 0.4) is 0 Å². The molecule has 0 aliphatic rings. The van der Waals surface area contributed by atoms with Crippen LogP contribution >= 0.6 is 0 Å². The van der Waals surface area contributed by atoms with Gasteiger partial charge in [0.05, 0.1) is 18.8 Å². The molecule has 3 heteroatoms. The fourth-order valence-corrected chi connectivity index (χ4v) is 3.82. The predicted octanol–water partition coefficient (Wildman–Crippen LogP) is 6.55. The molecule has 3 heterocycles. The van der Waals surface area contributed by atoms with E-state index in [2.05, 4.69) is 78.4 Å². The van der Waals surface area contributed by atoms with Gasteiger partial charge in [-0.25, -0.2) is 0 Å². The van der Waals surface area contributed by atoms with Crippen molar-refractivity contribution >= 4 is 0 Å². The highest BCUT2D eigenvalue weighted by Crippen LogP contribution is 2.34. The van der Waals surface area contributed by atoms with E-state index in [0.29, 0.717) is 0 Å². The van der Waals surface area contributed by atoms with Gasteiger partial charge in [-0.05, 0) is 58.6 Å². The molecule has 0 atom stereocenters. The van der Waals surface area contributed by atoms with Gasteiger partial charge in [-0.1, -0.05) is 48.5 Å². The molecule has 0 fully saturated rings. The van der Waals surface area contributed by atoms with E-state index >= 15 is 0 Å². The Morgan fingerprint density at radius 3 is 2.14 bits per heavy atom. The minimum Gasteiger partial charge on any atom is -0.472 e. The Kier molecular flexibility index (Phi) is 5.16. The summed E-state index contributed by atoms with van der Waals surface area (Å²) >= 11 is 0. The van der Waals surface area contributed by atoms with Gasteiger partial charge in [0.15, 0.2) is 0 Å². The van der Waals surface area contributed by atoms with Crippen molar-refractivity contribution in [3.05, 3.63) is 71.3 Å². The second-order valence-electron chi connectivity index (χ2n) is 10.5. The highest BCUT2D eigenvalue weighted by Gasteiger charge is 2.29. The Morgan fingerprint density at radius 1 is 0.857 bits per heavy atom. The van der Waals surface area contributed by atoms with Gasteiger partial charge < -0.3 is 13.4 Å². The van der Waals surface area contributed by atoms with E-state index in [9.17, 15) is 0 Å². The molecule has 0 bridgehead atoms. The number of aromatic nitrogens is 1. The zero-order valence-electron chi connectivity index (χ0n) is 18.7. The van der Waals surface area contributed by atoms with Crippen molar-refractivity contribution in [2.45, 2.75) is 77.6 Å². The van der Waals surface area contributed by atoms with Crippen molar-refractivity contribution in [1.29, 1.82) is 0 Å². The number of hydrogen-bond donors (Lipinski definition) is 0. The summed E-state index contributed by atoms with van der Waals surface area (Å²) in [5, 5.41) is 0. The number of aryl methyl sites for hydroxylation is 1. The van der Waals surface area contributed by atoms with Crippen LogP contribution in [0, 0.1) is 0 Å². The van der Waals surface area contributed by atoms with Crippen LogP contribution in [0.5, 0.6) is 0 Å². The van der Waals surface area contributed by atoms with Gasteiger partial charge in [0, 0.05) is 24.4 Å². The van der Waals surface area contributed by atoms with Crippen LogP contribution in [0.4, 0.5) is 0 Å². The second-order valence-corrected chi connectivity index (χ2v) is 10.5. The summed E-state index contributed by atoms with van der Waals surface area (Å²) < 4.78 is 13.6. The average molecular weight is 382 g/mol. The van der Waals surface area contributed by atoms with Crippen molar-refractivity contribution in [3.63, 3.8) is 0 Å². The zero-order chi connectivity index (χ0) is 20.7. The van der Waals surface area contributed by atoms with Crippen LogP contribution in [-0.4, -0.2) is 4.57 Å². The Bertz CT molecular complexity index is 914. The minimum absolute atomic E-state index is 0.0119. The van der Waals surface area contributed by atoms with E-state index in [-0.39, 0.29) is 16.2 Å². The molecule has 0 N–H and O–H groups in total. The van der Waals surface area contributed by atoms with Crippen molar-refractivity contribution in [2.24, 2.45) is 7.05 Å². The third-order valence-electron chi connectivity index (χ3n) is 5.87. The largest absolute Gasteiger partial charge is 0.472 e. The smallest absolute Gasteiger partial charge is 0.110 e. The van der Waals surface area contributed by atoms with Crippen LogP contribution in [-0.2, 0) is 36.1 Å². The van der Waals surface area contributed by atoms with Crippen LogP contribution < -0.4 is 0 Å². The molecular formula is C25H35NO2. The van der Waals surface area contributed by atoms with Crippen LogP contribution in [0.25, 0.3) is 0 Å². The van der Waals surface area contributed by atoms with E-state index in [1.165, 1.54) is 22.4 Å². The maximum atomic E-state index is 6.05. The lowest BCUT2D eigenvalue weighted by Gasteiger charge is -2.23. The Morgan fingerprint density at radius 2 is 1.57 bits per heavy atom. The molecule has 0 aliphatic heterocycles. The molecule has 3 aromatic heterocycles. The zero-order valence-corrected chi connectivity index (χ0v) is 18.7. The summed E-state index contributed by atoms with van der Waals surface area (Å²) in [5.41, 5.74) is 5.27. The second kappa shape index (κ2) is 7.02. The highest BCUT2D eigenvalue weighted by atomic mass is 16.3. The average Bonchev–Trinajstić information content (AvgIpc) is 3.28. The maximum absolute atomic E-state index is 6.05. The Labute approximate surface area is 169 Å². The SMILES string of the molecule is Cn1cc(C(C)(C)C)cc1CC(C)(C)c1cc(CC(C)(C)c2ccoc2)co1. The molecule has 152 valence electrons. The van der Waals surface area contributed by atoms with E-state index in [1.807, 2.05) is 18.6 Å². The lowest BCUT2D eigenvalue weighted by atomic mass is 9.80. The Hall–Kier alpha value is -2.16. The van der Waals surface area contributed by atoms with Crippen molar-refractivity contribution < 1.29 is 8.83 Å². The molecule has 0 amide bonds. The van der Waals surface area contributed by atoms with Gasteiger partial charge in [0.2, 0.25) is 0 Å². The van der Waals surface area contributed by atoms with Crippen molar-refractivity contribution in [2.75, 3.05) is 0 Å². The summed E-state index contributed by atoms with van der Waals surface area (Å²) in [7, 11) is 2.14. The fraction of sp³-hybridized carbons (Fsp3) is 0.520. The molecule has 0 radical (unpaired) electrons. The van der Waals surface area contributed by atoms with Gasteiger partial charge in [0.25, 0.3) is 0 Å². The van der Waals surface area contributed by atoms with Crippen molar-refractivity contribution in [3.8, 4) is 0 Å². The first-order chi connectivity index (χ1) is 12.9. The van der Waals surface area contributed by atoms with Crippen LogP contribution in [0.1, 0.15) is 76.6 Å². The third-order valence-corrected chi connectivity index (χ3v) is 5.87. The van der Waals surface area contributed by atoms with Crippen molar-refractivity contribution in [1.82, 2.24) is 4.57 Å². The van der Waals surface area contributed by atoms with Gasteiger partial charge in [-0.2, -0.15) is 0 Å². The molecule has 0 spiro atoms. The molecular weight excluding hydrogens is 346 g/mol. The quantitative estimate of drug-likeness (QED) is 0.485. The van der Waals surface area contributed by atoms with Gasteiger partial charge in [-0.3, -0.25) is 0 Å². The Balaban J connectivity index is 1.77. The molecule has 28 heavy (non-hydrogen) atoms. The van der Waals surface area contributed by atoms with Gasteiger partial charge in [-0.15, -0.1) is 0 Å². The van der Waals surface area contributed by atoms with Gasteiger partial charge >= 0.3 is 0 Å². The standard InChI is InChI=1S/C25H35NO2/c1-23(2,3)20-12-21(26(8)15-20)14-25(6,7)22-11-18(16-28-22)13-24(4,5)19-9-10-27-17-19/h9-12,15-17H,13-14H2,1-8H3. The van der Waals surface area contributed by atoms with E-state index in [0.717, 1.165) is 18.6 Å². The summed E-state index contributed by atoms with van der Waals surface area (Å²) in [4.78, 5) is 0. The van der Waals surface area contributed by atoms with Crippen LogP contribution in [0.15, 0.2) is 52.0 Å². The highest BCUT2D eigenvalue weighted by molar-refractivity contribution is 5.30. The first kappa shape index (κ1) is 20.6. The molecule has 0 saturated heterocycles. The molecule has 0 aromatic carbocycles. The van der Waals surface area contributed by atoms with E-state index in [1.54, 1.807) is 6.26 Å². The van der Waals surface area contributed by atoms with E-state index in [4.69, 9.17) is 8.83 Å². The number of hydrogen-bond acceptors (Lipinski definition) is 2. The molecule has 0 aliphatic carbocycles. The fourth-order valence-electron chi connectivity index (χ4n) is 3.82. The lowest BCUT2D eigenvalue weighted by Crippen LogP contribution is -2.21. The summed E-state index contributed by atoms with van der Waals surface area (Å²) in [6, 6.07) is 6.62. The van der Waals surface area contributed by atoms with E-state index < -0.39 is 0 Å². The molecule has 3 nitrogen and oxygen atoms in total. The van der Waals surface area contributed by atoms with Crippen LogP contribution in [0.2, 0.25) is 0 Å². The molecule has 0 saturated carbocycles. The lowest BCUT2D eigenvalue weighted by molar-refractivity contribution is 0.377. The predicted molar refractivity (Wildman–Crippen MR) is 115 cm³/mol. The topological polar surface area (TPSA) is 31.2 Å². The normalized spacial score (nSPS) is 13.3. The summed E-state index contributed by atoms with van der Waals surface area (Å²) in [5.74, 6) is 1.05.